The maximum Gasteiger partial charge on any atom is 0.225 e. The van der Waals surface area contributed by atoms with Gasteiger partial charge in [0.15, 0.2) is 0 Å². The molecule has 4 nitrogen and oxygen atoms in total. The van der Waals surface area contributed by atoms with E-state index < -0.39 is 0 Å². The maximum atomic E-state index is 11.5. The van der Waals surface area contributed by atoms with Crippen molar-refractivity contribution < 1.29 is 4.79 Å². The lowest BCUT2D eigenvalue weighted by Gasteiger charge is -2.09. The van der Waals surface area contributed by atoms with Crippen LogP contribution in [0.2, 0.25) is 0 Å². The summed E-state index contributed by atoms with van der Waals surface area (Å²) in [5.41, 5.74) is 7.04. The zero-order chi connectivity index (χ0) is 12.8. The van der Waals surface area contributed by atoms with Gasteiger partial charge in [0.05, 0.1) is 0 Å². The van der Waals surface area contributed by atoms with Gasteiger partial charge in [0.25, 0.3) is 0 Å². The minimum absolute atomic E-state index is 0.00164. The van der Waals surface area contributed by atoms with Crippen molar-refractivity contribution in [2.24, 2.45) is 5.73 Å². The van der Waals surface area contributed by atoms with Crippen LogP contribution in [0, 0.1) is 0 Å². The molecule has 0 atom stereocenters. The highest BCUT2D eigenvalue weighted by Gasteiger charge is 2.03. The smallest absolute Gasteiger partial charge is 0.225 e. The van der Waals surface area contributed by atoms with Gasteiger partial charge >= 0.3 is 0 Å². The molecule has 0 aliphatic carbocycles. The lowest BCUT2D eigenvalue weighted by atomic mass is 10.2. The van der Waals surface area contributed by atoms with Crippen LogP contribution in [0.5, 0.6) is 0 Å². The third-order valence-corrected chi connectivity index (χ3v) is 2.47. The number of nitrogens with two attached hydrogens (primary N) is 1. The van der Waals surface area contributed by atoms with E-state index in [1.165, 1.54) is 0 Å². The Balaban J connectivity index is 2.51. The molecule has 17 heavy (non-hydrogen) atoms. The second-order valence-corrected chi connectivity index (χ2v) is 4.48. The Bertz CT molecular complexity index is 401. The van der Waals surface area contributed by atoms with Crippen LogP contribution in [0.1, 0.15) is 12.0 Å². The van der Waals surface area contributed by atoms with Crippen LogP contribution in [0.25, 0.3) is 0 Å². The van der Waals surface area contributed by atoms with Gasteiger partial charge in [0.2, 0.25) is 5.91 Å². The van der Waals surface area contributed by atoms with E-state index in [0.29, 0.717) is 11.4 Å². The van der Waals surface area contributed by atoms with E-state index in [1.54, 1.807) is 24.3 Å². The molecule has 5 heteroatoms. The molecule has 1 aromatic carbocycles. The monoisotopic (exact) mass is 251 g/mol. The molecule has 1 aromatic rings. The summed E-state index contributed by atoms with van der Waals surface area (Å²) < 4.78 is 0. The highest BCUT2D eigenvalue weighted by Crippen LogP contribution is 2.09. The quantitative estimate of drug-likeness (QED) is 0.772. The van der Waals surface area contributed by atoms with Crippen molar-refractivity contribution in [1.29, 1.82) is 0 Å². The molecular formula is C12H17N3OS. The molecule has 0 fully saturated rings. The van der Waals surface area contributed by atoms with Crippen molar-refractivity contribution in [2.75, 3.05) is 26.0 Å². The largest absolute Gasteiger partial charge is 0.389 e. The van der Waals surface area contributed by atoms with E-state index in [-0.39, 0.29) is 5.91 Å². The number of thiocarbonyl (C=S) groups is 1. The van der Waals surface area contributed by atoms with E-state index in [4.69, 9.17) is 18.0 Å². The van der Waals surface area contributed by atoms with Crippen molar-refractivity contribution >= 4 is 28.8 Å². The first-order chi connectivity index (χ1) is 7.99. The Morgan fingerprint density at radius 3 is 2.41 bits per heavy atom. The number of nitrogens with one attached hydrogen (secondary N) is 1. The van der Waals surface area contributed by atoms with Crippen LogP contribution in [0.15, 0.2) is 24.3 Å². The van der Waals surface area contributed by atoms with Gasteiger partial charge in [-0.25, -0.2) is 0 Å². The number of nitrogens with zero attached hydrogens (tertiary/aromatic N) is 1. The number of carbonyl (C=O) groups excluding carboxylic acids is 1. The Hall–Kier alpha value is -1.46. The fourth-order valence-corrected chi connectivity index (χ4v) is 1.40. The van der Waals surface area contributed by atoms with Gasteiger partial charge in [-0.3, -0.25) is 4.79 Å². The van der Waals surface area contributed by atoms with E-state index in [9.17, 15) is 4.79 Å². The van der Waals surface area contributed by atoms with Crippen molar-refractivity contribution in [2.45, 2.75) is 6.42 Å². The van der Waals surface area contributed by atoms with Crippen molar-refractivity contribution in [3.8, 4) is 0 Å². The van der Waals surface area contributed by atoms with Crippen LogP contribution in [-0.4, -0.2) is 36.4 Å². The van der Waals surface area contributed by atoms with Crippen LogP contribution >= 0.6 is 12.2 Å². The number of hydrogen-bond acceptors (Lipinski definition) is 3. The molecule has 0 spiro atoms. The number of hydrogen-bond donors (Lipinski definition) is 2. The van der Waals surface area contributed by atoms with Gasteiger partial charge in [-0.05, 0) is 38.4 Å². The second-order valence-electron chi connectivity index (χ2n) is 4.04. The third-order valence-electron chi connectivity index (χ3n) is 2.24. The number of rotatable bonds is 5. The van der Waals surface area contributed by atoms with E-state index in [1.807, 2.05) is 19.0 Å². The van der Waals surface area contributed by atoms with Crippen LogP contribution in [0.3, 0.4) is 0 Å². The Morgan fingerprint density at radius 1 is 1.35 bits per heavy atom. The number of anilines is 1. The molecule has 0 saturated carbocycles. The summed E-state index contributed by atoms with van der Waals surface area (Å²) in [5.74, 6) is 0.00164. The standard InChI is InChI=1S/C12H17N3OS/c1-15(2)8-7-11(16)14-10-5-3-9(4-6-10)12(13)17/h3-6H,7-8H2,1-2H3,(H2,13,17)(H,14,16). The average Bonchev–Trinajstić information content (AvgIpc) is 2.27. The molecule has 92 valence electrons. The van der Waals surface area contributed by atoms with E-state index in [2.05, 4.69) is 5.32 Å². The first kappa shape index (κ1) is 13.6. The van der Waals surface area contributed by atoms with Gasteiger partial charge in [-0.1, -0.05) is 12.2 Å². The molecule has 0 saturated heterocycles. The number of carbonyl (C=O) groups is 1. The van der Waals surface area contributed by atoms with Gasteiger partial charge in [-0.2, -0.15) is 0 Å². The average molecular weight is 251 g/mol. The molecule has 0 radical (unpaired) electrons. The zero-order valence-electron chi connectivity index (χ0n) is 10.1. The van der Waals surface area contributed by atoms with Crippen molar-refractivity contribution in [1.82, 2.24) is 4.90 Å². The first-order valence-corrected chi connectivity index (χ1v) is 5.74. The molecular weight excluding hydrogens is 234 g/mol. The molecule has 0 aliphatic rings. The summed E-state index contributed by atoms with van der Waals surface area (Å²) >= 11 is 4.85. The molecule has 0 bridgehead atoms. The highest BCUT2D eigenvalue weighted by molar-refractivity contribution is 7.80. The predicted octanol–water partition coefficient (Wildman–Crippen LogP) is 1.21. The Morgan fingerprint density at radius 2 is 1.94 bits per heavy atom. The summed E-state index contributed by atoms with van der Waals surface area (Å²) in [4.78, 5) is 13.9. The highest BCUT2D eigenvalue weighted by atomic mass is 32.1. The lowest BCUT2D eigenvalue weighted by molar-refractivity contribution is -0.116. The van der Waals surface area contributed by atoms with Gasteiger partial charge in [0.1, 0.15) is 4.99 Å². The molecule has 3 N–H and O–H groups in total. The van der Waals surface area contributed by atoms with Crippen LogP contribution in [0.4, 0.5) is 5.69 Å². The Labute approximate surface area is 107 Å². The molecule has 0 unspecified atom stereocenters. The molecule has 1 amide bonds. The topological polar surface area (TPSA) is 58.4 Å². The summed E-state index contributed by atoms with van der Waals surface area (Å²) in [6.07, 6.45) is 0.476. The van der Waals surface area contributed by atoms with Crippen molar-refractivity contribution in [3.63, 3.8) is 0 Å². The third kappa shape index (κ3) is 4.93. The SMILES string of the molecule is CN(C)CCC(=O)Nc1ccc(C(N)=S)cc1. The fraction of sp³-hybridized carbons (Fsp3) is 0.333. The Kier molecular flexibility index (Phi) is 5.06. The minimum Gasteiger partial charge on any atom is -0.389 e. The van der Waals surface area contributed by atoms with Crippen LogP contribution < -0.4 is 11.1 Å². The predicted molar refractivity (Wildman–Crippen MR) is 74.1 cm³/mol. The fourth-order valence-electron chi connectivity index (χ4n) is 1.27. The maximum absolute atomic E-state index is 11.5. The summed E-state index contributed by atoms with van der Waals surface area (Å²) in [5, 5.41) is 2.81. The van der Waals surface area contributed by atoms with Crippen LogP contribution in [-0.2, 0) is 4.79 Å². The lowest BCUT2D eigenvalue weighted by Crippen LogP contribution is -2.20. The van der Waals surface area contributed by atoms with Gasteiger partial charge in [-0.15, -0.1) is 0 Å². The van der Waals surface area contributed by atoms with Gasteiger partial charge in [0, 0.05) is 24.2 Å². The second kappa shape index (κ2) is 6.32. The van der Waals surface area contributed by atoms with E-state index in [0.717, 1.165) is 17.8 Å². The van der Waals surface area contributed by atoms with Crippen molar-refractivity contribution in [3.05, 3.63) is 29.8 Å². The summed E-state index contributed by atoms with van der Waals surface area (Å²) in [7, 11) is 3.87. The minimum atomic E-state index is 0.00164. The number of benzene rings is 1. The summed E-state index contributed by atoms with van der Waals surface area (Å²) in [6.45, 7) is 0.733. The molecule has 0 aliphatic heterocycles. The summed E-state index contributed by atoms with van der Waals surface area (Å²) in [6, 6.07) is 7.18. The normalized spacial score (nSPS) is 10.3. The molecule has 1 rings (SSSR count). The van der Waals surface area contributed by atoms with E-state index >= 15 is 0 Å². The molecule has 0 aromatic heterocycles. The van der Waals surface area contributed by atoms with Gasteiger partial charge < -0.3 is 16.0 Å². The first-order valence-electron chi connectivity index (χ1n) is 5.33. The zero-order valence-corrected chi connectivity index (χ0v) is 10.9. The molecule has 0 heterocycles. The number of amides is 1.